The van der Waals surface area contributed by atoms with E-state index in [0.717, 1.165) is 34.8 Å². The molecule has 1 saturated heterocycles. The molecule has 7 heteroatoms. The van der Waals surface area contributed by atoms with Crippen LogP contribution in [0.2, 0.25) is 0 Å². The summed E-state index contributed by atoms with van der Waals surface area (Å²) in [6.07, 6.45) is 4.43. The lowest BCUT2D eigenvalue weighted by Crippen LogP contribution is -2.42. The van der Waals surface area contributed by atoms with Gasteiger partial charge in [-0.3, -0.25) is 9.36 Å². The Hall–Kier alpha value is -3.19. The standard InChI is InChI=1S/C21H21N5O2/c1-24-16-8-3-2-7-15(16)19-17(24)12-18(26(19)21-22-9-5-10-23-21)20(28)25-11-4-6-14(27)13-25/h2-3,5,7-10,12,14,27H,4,6,11,13H2,1H3/t14-/m1/s1. The van der Waals surface area contributed by atoms with Crippen LogP contribution in [0.5, 0.6) is 0 Å². The summed E-state index contributed by atoms with van der Waals surface area (Å²) in [6, 6.07) is 11.8. The molecule has 0 saturated carbocycles. The number of fused-ring (bicyclic) bond motifs is 3. The number of para-hydroxylation sites is 1. The van der Waals surface area contributed by atoms with Crippen LogP contribution in [0.3, 0.4) is 0 Å². The average molecular weight is 375 g/mol. The van der Waals surface area contributed by atoms with Gasteiger partial charge in [0.2, 0.25) is 5.95 Å². The minimum atomic E-state index is -0.468. The number of likely N-dealkylation sites (tertiary alicyclic amines) is 1. The van der Waals surface area contributed by atoms with E-state index in [0.29, 0.717) is 24.7 Å². The van der Waals surface area contributed by atoms with Crippen molar-refractivity contribution in [3.05, 3.63) is 54.5 Å². The van der Waals surface area contributed by atoms with Crippen LogP contribution < -0.4 is 0 Å². The van der Waals surface area contributed by atoms with Gasteiger partial charge in [0.05, 0.1) is 22.7 Å². The van der Waals surface area contributed by atoms with E-state index in [4.69, 9.17) is 0 Å². The monoisotopic (exact) mass is 375 g/mol. The molecule has 3 aromatic heterocycles. The van der Waals surface area contributed by atoms with Crippen LogP contribution in [-0.2, 0) is 7.05 Å². The lowest BCUT2D eigenvalue weighted by atomic mass is 10.1. The highest BCUT2D eigenvalue weighted by atomic mass is 16.3. The minimum Gasteiger partial charge on any atom is -0.391 e. The van der Waals surface area contributed by atoms with Gasteiger partial charge in [-0.2, -0.15) is 0 Å². The van der Waals surface area contributed by atoms with E-state index < -0.39 is 6.10 Å². The predicted molar refractivity (Wildman–Crippen MR) is 106 cm³/mol. The Labute approximate surface area is 161 Å². The Kier molecular flexibility index (Phi) is 3.91. The van der Waals surface area contributed by atoms with Gasteiger partial charge in [-0.1, -0.05) is 18.2 Å². The fraction of sp³-hybridized carbons (Fsp3) is 0.286. The van der Waals surface area contributed by atoms with E-state index in [1.807, 2.05) is 29.8 Å². The molecule has 0 unspecified atom stereocenters. The molecule has 0 spiro atoms. The van der Waals surface area contributed by atoms with Crippen molar-refractivity contribution in [2.75, 3.05) is 13.1 Å². The first-order valence-electron chi connectivity index (χ1n) is 9.49. The summed E-state index contributed by atoms with van der Waals surface area (Å²) >= 11 is 0. The van der Waals surface area contributed by atoms with Crippen molar-refractivity contribution in [1.82, 2.24) is 24.0 Å². The van der Waals surface area contributed by atoms with Gasteiger partial charge in [-0.15, -0.1) is 0 Å². The molecule has 1 aliphatic heterocycles. The number of hydrogen-bond acceptors (Lipinski definition) is 4. The third-order valence-corrected chi connectivity index (χ3v) is 5.52. The maximum Gasteiger partial charge on any atom is 0.271 e. The van der Waals surface area contributed by atoms with E-state index in [1.54, 1.807) is 23.4 Å². The zero-order valence-corrected chi connectivity index (χ0v) is 15.6. The van der Waals surface area contributed by atoms with Crippen LogP contribution in [0.1, 0.15) is 23.3 Å². The van der Waals surface area contributed by atoms with Crippen LogP contribution in [0, 0.1) is 0 Å². The molecular formula is C21H21N5O2. The quantitative estimate of drug-likeness (QED) is 0.584. The van der Waals surface area contributed by atoms with Crippen LogP contribution >= 0.6 is 0 Å². The number of aliphatic hydroxyl groups excluding tert-OH is 1. The first-order chi connectivity index (χ1) is 13.6. The molecule has 0 aliphatic carbocycles. The minimum absolute atomic E-state index is 0.105. The molecule has 1 atom stereocenters. The molecule has 0 radical (unpaired) electrons. The Morgan fingerprint density at radius 3 is 2.71 bits per heavy atom. The molecule has 1 aromatic carbocycles. The summed E-state index contributed by atoms with van der Waals surface area (Å²) in [4.78, 5) is 23.9. The maximum atomic E-state index is 13.4. The Balaban J connectivity index is 1.77. The number of hydrogen-bond donors (Lipinski definition) is 1. The highest BCUT2D eigenvalue weighted by Crippen LogP contribution is 2.33. The second kappa shape index (κ2) is 6.45. The van der Waals surface area contributed by atoms with Crippen LogP contribution in [0.25, 0.3) is 27.9 Å². The molecule has 4 heterocycles. The van der Waals surface area contributed by atoms with E-state index in [-0.39, 0.29) is 5.91 Å². The van der Waals surface area contributed by atoms with Crippen molar-refractivity contribution < 1.29 is 9.90 Å². The number of carbonyl (C=O) groups is 1. The number of piperidine rings is 1. The molecule has 1 N–H and O–H groups in total. The van der Waals surface area contributed by atoms with Crippen molar-refractivity contribution in [2.45, 2.75) is 18.9 Å². The third-order valence-electron chi connectivity index (χ3n) is 5.52. The van der Waals surface area contributed by atoms with Crippen molar-refractivity contribution in [1.29, 1.82) is 0 Å². The lowest BCUT2D eigenvalue weighted by Gasteiger charge is -2.30. The lowest BCUT2D eigenvalue weighted by molar-refractivity contribution is 0.0467. The second-order valence-electron chi connectivity index (χ2n) is 7.27. The number of aromatic nitrogens is 4. The van der Waals surface area contributed by atoms with Gasteiger partial charge in [0.25, 0.3) is 5.91 Å². The SMILES string of the molecule is Cn1c2ccccc2c2c1cc(C(=O)N1CCC[C@@H](O)C1)n2-c1ncccn1. The number of β-amino-alcohol motifs (C(OH)–C–C–N with tert-alkyl or cyclic N) is 1. The smallest absolute Gasteiger partial charge is 0.271 e. The molecule has 7 nitrogen and oxygen atoms in total. The van der Waals surface area contributed by atoms with E-state index in [2.05, 4.69) is 26.7 Å². The number of rotatable bonds is 2. The van der Waals surface area contributed by atoms with Crippen LogP contribution in [-0.4, -0.2) is 54.2 Å². The van der Waals surface area contributed by atoms with E-state index in [9.17, 15) is 9.90 Å². The molecule has 142 valence electrons. The zero-order valence-electron chi connectivity index (χ0n) is 15.6. The van der Waals surface area contributed by atoms with Crippen molar-refractivity contribution in [3.8, 4) is 5.95 Å². The topological polar surface area (TPSA) is 76.2 Å². The maximum absolute atomic E-state index is 13.4. The van der Waals surface area contributed by atoms with Gasteiger partial charge in [0, 0.05) is 37.9 Å². The number of aryl methyl sites for hydroxylation is 1. The molecule has 28 heavy (non-hydrogen) atoms. The summed E-state index contributed by atoms with van der Waals surface area (Å²) in [5, 5.41) is 11.1. The van der Waals surface area contributed by atoms with Gasteiger partial charge >= 0.3 is 0 Å². The number of benzene rings is 1. The average Bonchev–Trinajstić information content (AvgIpc) is 3.25. The fourth-order valence-corrected chi connectivity index (χ4v) is 4.18. The van der Waals surface area contributed by atoms with Crippen molar-refractivity contribution >= 4 is 27.8 Å². The molecular weight excluding hydrogens is 354 g/mol. The zero-order chi connectivity index (χ0) is 19.3. The molecule has 1 fully saturated rings. The summed E-state index contributed by atoms with van der Waals surface area (Å²) < 4.78 is 3.94. The number of nitrogens with zero attached hydrogens (tertiary/aromatic N) is 5. The summed E-state index contributed by atoms with van der Waals surface area (Å²) in [5.74, 6) is 0.362. The summed E-state index contributed by atoms with van der Waals surface area (Å²) in [6.45, 7) is 1.00. The molecule has 4 aromatic rings. The van der Waals surface area contributed by atoms with Crippen LogP contribution in [0.15, 0.2) is 48.8 Å². The highest BCUT2D eigenvalue weighted by Gasteiger charge is 2.29. The molecule has 1 amide bonds. The van der Waals surface area contributed by atoms with Gasteiger partial charge in [-0.25, -0.2) is 9.97 Å². The first-order valence-corrected chi connectivity index (χ1v) is 9.49. The predicted octanol–water partition coefficient (Wildman–Crippen LogP) is 2.51. The second-order valence-corrected chi connectivity index (χ2v) is 7.27. The van der Waals surface area contributed by atoms with Gasteiger partial charge < -0.3 is 14.6 Å². The largest absolute Gasteiger partial charge is 0.391 e. The van der Waals surface area contributed by atoms with Crippen molar-refractivity contribution in [3.63, 3.8) is 0 Å². The van der Waals surface area contributed by atoms with Gasteiger partial charge in [-0.05, 0) is 31.0 Å². The Bertz CT molecular complexity index is 1180. The number of aliphatic hydroxyl groups is 1. The summed E-state index contributed by atoms with van der Waals surface area (Å²) in [7, 11) is 2.00. The molecule has 0 bridgehead atoms. The first kappa shape index (κ1) is 16.9. The normalized spacial score (nSPS) is 17.5. The Morgan fingerprint density at radius 2 is 1.93 bits per heavy atom. The van der Waals surface area contributed by atoms with E-state index >= 15 is 0 Å². The van der Waals surface area contributed by atoms with Crippen molar-refractivity contribution in [2.24, 2.45) is 7.05 Å². The third kappa shape index (κ3) is 2.51. The number of amides is 1. The molecule has 1 aliphatic rings. The Morgan fingerprint density at radius 1 is 1.14 bits per heavy atom. The fourth-order valence-electron chi connectivity index (χ4n) is 4.18. The van der Waals surface area contributed by atoms with Gasteiger partial charge in [0.1, 0.15) is 5.69 Å². The number of carbonyl (C=O) groups excluding carboxylic acids is 1. The summed E-state index contributed by atoms with van der Waals surface area (Å²) in [5.41, 5.74) is 3.48. The molecule has 5 rings (SSSR count). The van der Waals surface area contributed by atoms with Crippen LogP contribution in [0.4, 0.5) is 0 Å². The highest BCUT2D eigenvalue weighted by molar-refractivity contribution is 6.10. The van der Waals surface area contributed by atoms with E-state index in [1.165, 1.54) is 0 Å². The van der Waals surface area contributed by atoms with Gasteiger partial charge in [0.15, 0.2) is 0 Å².